The minimum atomic E-state index is -0.851. The first-order chi connectivity index (χ1) is 12.1. The molecule has 1 aliphatic rings. The second-order valence-corrected chi connectivity index (χ2v) is 7.65. The molecule has 0 aromatic rings. The highest BCUT2D eigenvalue weighted by molar-refractivity contribution is 5.81. The lowest BCUT2D eigenvalue weighted by molar-refractivity contribution is -0.159. The van der Waals surface area contributed by atoms with Crippen molar-refractivity contribution in [3.63, 3.8) is 0 Å². The number of hydrogen-bond donors (Lipinski definition) is 1. The minimum absolute atomic E-state index is 0.293. The van der Waals surface area contributed by atoms with Crippen LogP contribution in [0.15, 0.2) is 0 Å². The maximum Gasteiger partial charge on any atom is 0.309 e. The molecule has 0 heterocycles. The summed E-state index contributed by atoms with van der Waals surface area (Å²) in [6, 6.07) is 0. The molecule has 25 heavy (non-hydrogen) atoms. The smallest absolute Gasteiger partial charge is 0.309 e. The van der Waals surface area contributed by atoms with Gasteiger partial charge >= 0.3 is 11.9 Å². The van der Waals surface area contributed by atoms with Gasteiger partial charge in [0.15, 0.2) is 0 Å². The largest absolute Gasteiger partial charge is 0.481 e. The first-order valence-corrected chi connectivity index (χ1v) is 10.5. The monoisotopic (exact) mass is 354 g/mol. The fraction of sp³-hybridized carbons (Fsp3) is 0.905. The van der Waals surface area contributed by atoms with E-state index in [1.165, 1.54) is 44.9 Å². The molecule has 0 aromatic carbocycles. The Hall–Kier alpha value is -1.06. The molecule has 3 atom stereocenters. The van der Waals surface area contributed by atoms with E-state index in [4.69, 9.17) is 4.74 Å². The number of aliphatic carboxylic acids is 1. The van der Waals surface area contributed by atoms with Gasteiger partial charge in [0.25, 0.3) is 0 Å². The fourth-order valence-corrected chi connectivity index (χ4v) is 4.03. The van der Waals surface area contributed by atoms with Crippen molar-refractivity contribution in [3.8, 4) is 0 Å². The first kappa shape index (κ1) is 22.0. The molecule has 0 radical (unpaired) electrons. The third kappa shape index (κ3) is 8.73. The lowest BCUT2D eigenvalue weighted by Gasteiger charge is -2.26. The van der Waals surface area contributed by atoms with Gasteiger partial charge in [0.05, 0.1) is 18.4 Å². The van der Waals surface area contributed by atoms with E-state index in [2.05, 4.69) is 13.8 Å². The maximum atomic E-state index is 12.2. The zero-order valence-electron chi connectivity index (χ0n) is 16.3. The van der Waals surface area contributed by atoms with Gasteiger partial charge in [-0.3, -0.25) is 9.59 Å². The molecule has 146 valence electrons. The van der Waals surface area contributed by atoms with Crippen molar-refractivity contribution in [1.29, 1.82) is 0 Å². The zero-order chi connectivity index (χ0) is 18.5. The lowest BCUT2D eigenvalue weighted by atomic mass is 9.79. The molecule has 1 fully saturated rings. The van der Waals surface area contributed by atoms with Crippen LogP contribution in [-0.4, -0.2) is 23.7 Å². The molecular weight excluding hydrogens is 316 g/mol. The van der Waals surface area contributed by atoms with Crippen molar-refractivity contribution < 1.29 is 19.4 Å². The van der Waals surface area contributed by atoms with E-state index in [1.807, 2.05) is 0 Å². The van der Waals surface area contributed by atoms with Crippen LogP contribution in [0, 0.1) is 17.8 Å². The highest BCUT2D eigenvalue weighted by Gasteiger charge is 2.36. The molecule has 0 aliphatic heterocycles. The van der Waals surface area contributed by atoms with E-state index >= 15 is 0 Å². The number of carboxylic acids is 1. The Balaban J connectivity index is 2.17. The SMILES string of the molecule is CCCCC(CCC)CCCCCOC(=O)C1CCCCC1C(=O)O. The summed E-state index contributed by atoms with van der Waals surface area (Å²) in [7, 11) is 0. The highest BCUT2D eigenvalue weighted by Crippen LogP contribution is 2.31. The summed E-state index contributed by atoms with van der Waals surface area (Å²) in [6.07, 6.45) is 14.1. The van der Waals surface area contributed by atoms with Gasteiger partial charge in [-0.2, -0.15) is 0 Å². The van der Waals surface area contributed by atoms with Crippen molar-refractivity contribution in [2.24, 2.45) is 17.8 Å². The van der Waals surface area contributed by atoms with Crippen molar-refractivity contribution in [3.05, 3.63) is 0 Å². The molecular formula is C21H38O4. The third-order valence-corrected chi connectivity index (χ3v) is 5.55. The molecule has 1 N–H and O–H groups in total. The summed E-state index contributed by atoms with van der Waals surface area (Å²) < 4.78 is 5.38. The summed E-state index contributed by atoms with van der Waals surface area (Å²) in [4.78, 5) is 23.4. The molecule has 0 bridgehead atoms. The van der Waals surface area contributed by atoms with E-state index in [9.17, 15) is 14.7 Å². The summed E-state index contributed by atoms with van der Waals surface area (Å²) in [6.45, 7) is 4.95. The van der Waals surface area contributed by atoms with E-state index in [0.29, 0.717) is 19.4 Å². The van der Waals surface area contributed by atoms with Gasteiger partial charge in [0.2, 0.25) is 0 Å². The summed E-state index contributed by atoms with van der Waals surface area (Å²) >= 11 is 0. The Labute approximate surface area is 153 Å². The predicted molar refractivity (Wildman–Crippen MR) is 100 cm³/mol. The van der Waals surface area contributed by atoms with Crippen LogP contribution in [0.4, 0.5) is 0 Å². The molecule has 4 nitrogen and oxygen atoms in total. The minimum Gasteiger partial charge on any atom is -0.481 e. The third-order valence-electron chi connectivity index (χ3n) is 5.55. The van der Waals surface area contributed by atoms with Crippen LogP contribution < -0.4 is 0 Å². The van der Waals surface area contributed by atoms with Gasteiger partial charge in [0.1, 0.15) is 0 Å². The molecule has 1 rings (SSSR count). The molecule has 1 saturated carbocycles. The van der Waals surface area contributed by atoms with Crippen LogP contribution in [0.3, 0.4) is 0 Å². The average molecular weight is 355 g/mol. The average Bonchev–Trinajstić information content (AvgIpc) is 2.62. The number of ether oxygens (including phenoxy) is 1. The van der Waals surface area contributed by atoms with Crippen LogP contribution in [0.2, 0.25) is 0 Å². The molecule has 0 aromatic heterocycles. The second kappa shape index (κ2) is 13.2. The van der Waals surface area contributed by atoms with Crippen molar-refractivity contribution in [2.75, 3.05) is 6.61 Å². The summed E-state index contributed by atoms with van der Waals surface area (Å²) in [5.41, 5.74) is 0. The lowest BCUT2D eigenvalue weighted by Crippen LogP contribution is -2.33. The predicted octanol–water partition coefficient (Wildman–Crippen LogP) is 5.59. The van der Waals surface area contributed by atoms with E-state index in [-0.39, 0.29) is 5.97 Å². The fourth-order valence-electron chi connectivity index (χ4n) is 4.03. The molecule has 0 amide bonds. The number of carboxylic acid groups (broad SMARTS) is 1. The standard InChI is InChI=1S/C21H38O4/c1-3-5-12-17(11-4-2)13-7-6-10-16-25-21(24)19-15-9-8-14-18(19)20(22)23/h17-19H,3-16H2,1-2H3,(H,22,23). The number of unbranched alkanes of at least 4 members (excludes halogenated alkanes) is 3. The first-order valence-electron chi connectivity index (χ1n) is 10.5. The number of carbonyl (C=O) groups excluding carboxylic acids is 1. The maximum absolute atomic E-state index is 12.2. The number of hydrogen-bond acceptors (Lipinski definition) is 3. The Morgan fingerprint density at radius 3 is 2.24 bits per heavy atom. The van der Waals surface area contributed by atoms with Crippen LogP contribution in [-0.2, 0) is 14.3 Å². The molecule has 4 heteroatoms. The summed E-state index contributed by atoms with van der Waals surface area (Å²) in [5, 5.41) is 9.25. The van der Waals surface area contributed by atoms with Crippen molar-refractivity contribution in [2.45, 2.75) is 97.3 Å². The van der Waals surface area contributed by atoms with Crippen LogP contribution in [0.25, 0.3) is 0 Å². The molecule has 0 saturated heterocycles. The van der Waals surface area contributed by atoms with Crippen LogP contribution >= 0.6 is 0 Å². The van der Waals surface area contributed by atoms with Gasteiger partial charge in [-0.1, -0.05) is 78.1 Å². The zero-order valence-corrected chi connectivity index (χ0v) is 16.3. The molecule has 3 unspecified atom stereocenters. The quantitative estimate of drug-likeness (QED) is 0.346. The number of rotatable bonds is 13. The highest BCUT2D eigenvalue weighted by atomic mass is 16.5. The molecule has 0 spiro atoms. The van der Waals surface area contributed by atoms with Gasteiger partial charge in [-0.25, -0.2) is 0 Å². The van der Waals surface area contributed by atoms with Gasteiger partial charge < -0.3 is 9.84 Å². The van der Waals surface area contributed by atoms with Gasteiger partial charge in [-0.15, -0.1) is 0 Å². The Bertz CT molecular complexity index is 380. The normalized spacial score (nSPS) is 21.7. The Morgan fingerprint density at radius 2 is 1.60 bits per heavy atom. The topological polar surface area (TPSA) is 63.6 Å². The van der Waals surface area contributed by atoms with Crippen molar-refractivity contribution >= 4 is 11.9 Å². The number of carbonyl (C=O) groups is 2. The Morgan fingerprint density at radius 1 is 0.920 bits per heavy atom. The molecule has 1 aliphatic carbocycles. The van der Waals surface area contributed by atoms with Crippen LogP contribution in [0.1, 0.15) is 97.3 Å². The number of esters is 1. The van der Waals surface area contributed by atoms with E-state index in [1.54, 1.807) is 0 Å². The van der Waals surface area contributed by atoms with Crippen molar-refractivity contribution in [1.82, 2.24) is 0 Å². The van der Waals surface area contributed by atoms with Gasteiger partial charge in [-0.05, 0) is 25.2 Å². The van der Waals surface area contributed by atoms with Gasteiger partial charge in [0, 0.05) is 0 Å². The van der Waals surface area contributed by atoms with Crippen LogP contribution in [0.5, 0.6) is 0 Å². The van der Waals surface area contributed by atoms with E-state index < -0.39 is 17.8 Å². The van der Waals surface area contributed by atoms with E-state index in [0.717, 1.165) is 31.6 Å². The Kier molecular flexibility index (Phi) is 11.6. The summed E-state index contributed by atoms with van der Waals surface area (Å²) in [5.74, 6) is -1.27. The second-order valence-electron chi connectivity index (χ2n) is 7.65.